The van der Waals surface area contributed by atoms with Gasteiger partial charge in [-0.25, -0.2) is 0 Å². The molecule has 0 saturated carbocycles. The summed E-state index contributed by atoms with van der Waals surface area (Å²) in [6.07, 6.45) is 0. The van der Waals surface area contributed by atoms with E-state index in [1.165, 1.54) is 54.6 Å². The van der Waals surface area contributed by atoms with Crippen LogP contribution in [-0.4, -0.2) is 0 Å². The van der Waals surface area contributed by atoms with Crippen LogP contribution in [0.1, 0.15) is 0 Å². The van der Waals surface area contributed by atoms with Gasteiger partial charge in [-0.1, -0.05) is 194 Å². The van der Waals surface area contributed by atoms with Crippen molar-refractivity contribution in [1.29, 1.82) is 0 Å². The fourth-order valence-corrected chi connectivity index (χ4v) is 9.65. The zero-order valence-electron chi connectivity index (χ0n) is 33.9. The molecule has 12 rings (SSSR count). The highest BCUT2D eigenvalue weighted by atomic mass is 16.3. The quantitative estimate of drug-likeness (QED) is 0.150. The van der Waals surface area contributed by atoms with Crippen LogP contribution in [0.2, 0.25) is 0 Å². The number of fused-ring (bicyclic) bond motifs is 9. The van der Waals surface area contributed by atoms with Gasteiger partial charge < -0.3 is 9.32 Å². The second-order valence-corrected chi connectivity index (χ2v) is 16.0. The number of hydrogen-bond donors (Lipinski definition) is 0. The molecule has 0 bridgehead atoms. The van der Waals surface area contributed by atoms with E-state index in [0.717, 1.165) is 61.3 Å². The van der Waals surface area contributed by atoms with Gasteiger partial charge >= 0.3 is 0 Å². The molecule has 0 N–H and O–H groups in total. The van der Waals surface area contributed by atoms with E-state index >= 15 is 0 Å². The van der Waals surface area contributed by atoms with Crippen LogP contribution in [0, 0.1) is 0 Å². The van der Waals surface area contributed by atoms with Crippen LogP contribution in [-0.2, 0) is 0 Å². The Morgan fingerprint density at radius 1 is 0.274 bits per heavy atom. The molecule has 290 valence electrons. The molecule has 11 aromatic carbocycles. The molecule has 12 aromatic rings. The second kappa shape index (κ2) is 14.8. The lowest BCUT2D eigenvalue weighted by atomic mass is 9.91. The number of furan rings is 1. The molecule has 1 heterocycles. The second-order valence-electron chi connectivity index (χ2n) is 16.0. The van der Waals surface area contributed by atoms with Gasteiger partial charge in [0.1, 0.15) is 11.2 Å². The average Bonchev–Trinajstić information content (AvgIpc) is 3.75. The Morgan fingerprint density at radius 3 is 1.50 bits per heavy atom. The maximum Gasteiger partial charge on any atom is 0.145 e. The Hall–Kier alpha value is -8.20. The Labute approximate surface area is 360 Å². The van der Waals surface area contributed by atoms with Crippen LogP contribution >= 0.6 is 0 Å². The van der Waals surface area contributed by atoms with Gasteiger partial charge in [0.05, 0.1) is 16.8 Å². The number of benzene rings is 11. The molecule has 0 atom stereocenters. The molecule has 2 nitrogen and oxygen atoms in total. The third kappa shape index (κ3) is 5.88. The van der Waals surface area contributed by atoms with Crippen molar-refractivity contribution in [3.63, 3.8) is 0 Å². The number of rotatable bonds is 7. The third-order valence-electron chi connectivity index (χ3n) is 12.5. The summed E-state index contributed by atoms with van der Waals surface area (Å²) in [5, 5.41) is 9.76. The minimum absolute atomic E-state index is 0.861. The summed E-state index contributed by atoms with van der Waals surface area (Å²) in [5.74, 6) is 0. The van der Waals surface area contributed by atoms with Crippen LogP contribution in [0.5, 0.6) is 0 Å². The molecular formula is C60H39NO. The summed E-state index contributed by atoms with van der Waals surface area (Å²) in [5.41, 5.74) is 14.0. The first-order valence-corrected chi connectivity index (χ1v) is 21.3. The SMILES string of the molecule is c1ccc(-c2ccccc2-c2ccccc2N(c2cccc(-c3ccc4c5ccccc5c5ccccc5c4c3)c2)c2ccc(-c3ccccc3)c3oc4ccccc4c23)cc1. The van der Waals surface area contributed by atoms with Crippen molar-refractivity contribution in [2.24, 2.45) is 0 Å². The number of para-hydroxylation sites is 2. The average molecular weight is 790 g/mol. The molecule has 0 aliphatic heterocycles. The molecule has 1 aromatic heterocycles. The van der Waals surface area contributed by atoms with E-state index in [4.69, 9.17) is 4.42 Å². The van der Waals surface area contributed by atoms with Gasteiger partial charge in [-0.3, -0.25) is 0 Å². The normalized spacial score (nSPS) is 11.5. The molecule has 0 spiro atoms. The highest BCUT2D eigenvalue weighted by Crippen LogP contribution is 2.50. The predicted molar refractivity (Wildman–Crippen MR) is 263 cm³/mol. The molecule has 0 amide bonds. The van der Waals surface area contributed by atoms with E-state index in [1.54, 1.807) is 0 Å². The first-order valence-electron chi connectivity index (χ1n) is 21.3. The summed E-state index contributed by atoms with van der Waals surface area (Å²) in [7, 11) is 0. The van der Waals surface area contributed by atoms with Gasteiger partial charge in [0.25, 0.3) is 0 Å². The number of nitrogens with zero attached hydrogens (tertiary/aromatic N) is 1. The van der Waals surface area contributed by atoms with Crippen molar-refractivity contribution in [1.82, 2.24) is 0 Å². The van der Waals surface area contributed by atoms with Crippen LogP contribution in [0.4, 0.5) is 17.1 Å². The predicted octanol–water partition coefficient (Wildman–Crippen LogP) is 17.2. The van der Waals surface area contributed by atoms with Crippen LogP contribution in [0.15, 0.2) is 241 Å². The van der Waals surface area contributed by atoms with Crippen molar-refractivity contribution in [3.05, 3.63) is 237 Å². The topological polar surface area (TPSA) is 16.4 Å². The van der Waals surface area contributed by atoms with E-state index < -0.39 is 0 Å². The summed E-state index contributed by atoms with van der Waals surface area (Å²) in [4.78, 5) is 2.45. The molecule has 0 saturated heterocycles. The third-order valence-corrected chi connectivity index (χ3v) is 12.5. The largest absolute Gasteiger partial charge is 0.455 e. The van der Waals surface area contributed by atoms with Crippen LogP contribution in [0.3, 0.4) is 0 Å². The fourth-order valence-electron chi connectivity index (χ4n) is 9.65. The van der Waals surface area contributed by atoms with Gasteiger partial charge in [0.2, 0.25) is 0 Å². The molecule has 0 unspecified atom stereocenters. The summed E-state index contributed by atoms with van der Waals surface area (Å²) >= 11 is 0. The smallest absolute Gasteiger partial charge is 0.145 e. The lowest BCUT2D eigenvalue weighted by Gasteiger charge is -2.29. The molecule has 0 fully saturated rings. The molecular weight excluding hydrogens is 751 g/mol. The minimum atomic E-state index is 0.861. The highest BCUT2D eigenvalue weighted by Gasteiger charge is 2.25. The first kappa shape index (κ1) is 35.7. The van der Waals surface area contributed by atoms with Gasteiger partial charge in [0.15, 0.2) is 0 Å². The van der Waals surface area contributed by atoms with E-state index in [0.29, 0.717) is 0 Å². The van der Waals surface area contributed by atoms with Crippen molar-refractivity contribution in [2.45, 2.75) is 0 Å². The molecule has 2 heteroatoms. The lowest BCUT2D eigenvalue weighted by Crippen LogP contribution is -2.12. The number of hydrogen-bond acceptors (Lipinski definition) is 2. The van der Waals surface area contributed by atoms with Crippen molar-refractivity contribution in [2.75, 3.05) is 4.90 Å². The first-order chi connectivity index (χ1) is 30.8. The summed E-state index contributed by atoms with van der Waals surface area (Å²) in [6.45, 7) is 0. The van der Waals surface area contributed by atoms with Gasteiger partial charge in [-0.2, -0.15) is 0 Å². The summed E-state index contributed by atoms with van der Waals surface area (Å²) in [6, 6.07) is 85.4. The fraction of sp³-hybridized carbons (Fsp3) is 0. The maximum absolute atomic E-state index is 6.87. The zero-order valence-corrected chi connectivity index (χ0v) is 33.9. The van der Waals surface area contributed by atoms with Gasteiger partial charge in [0, 0.05) is 22.2 Å². The monoisotopic (exact) mass is 789 g/mol. The van der Waals surface area contributed by atoms with E-state index in [2.05, 4.69) is 241 Å². The Kier molecular flexibility index (Phi) is 8.53. The minimum Gasteiger partial charge on any atom is -0.455 e. The Balaban J connectivity index is 1.12. The molecule has 0 aliphatic rings. The van der Waals surface area contributed by atoms with Gasteiger partial charge in [-0.05, 0) is 108 Å². The lowest BCUT2D eigenvalue weighted by molar-refractivity contribution is 0.670. The van der Waals surface area contributed by atoms with E-state index in [-0.39, 0.29) is 0 Å². The number of anilines is 3. The van der Waals surface area contributed by atoms with Gasteiger partial charge in [-0.15, -0.1) is 0 Å². The van der Waals surface area contributed by atoms with Crippen molar-refractivity contribution >= 4 is 71.3 Å². The van der Waals surface area contributed by atoms with Crippen molar-refractivity contribution < 1.29 is 4.42 Å². The van der Waals surface area contributed by atoms with Crippen molar-refractivity contribution in [3.8, 4) is 44.5 Å². The van der Waals surface area contributed by atoms with E-state index in [9.17, 15) is 0 Å². The Morgan fingerprint density at radius 2 is 0.790 bits per heavy atom. The maximum atomic E-state index is 6.87. The molecule has 62 heavy (non-hydrogen) atoms. The Bertz CT molecular complexity index is 3600. The summed E-state index contributed by atoms with van der Waals surface area (Å²) < 4.78 is 6.87. The van der Waals surface area contributed by atoms with E-state index in [1.807, 2.05) is 0 Å². The highest BCUT2D eigenvalue weighted by molar-refractivity contribution is 6.26. The molecule has 0 radical (unpaired) electrons. The molecule has 0 aliphatic carbocycles. The van der Waals surface area contributed by atoms with Crippen LogP contribution < -0.4 is 4.90 Å². The van der Waals surface area contributed by atoms with Crippen LogP contribution in [0.25, 0.3) is 98.8 Å². The standard InChI is InChI=1S/C60H39NO/c1-3-18-40(19-4-1)45-24-7-8-25-47(45)53-30-13-15-32-56(53)61(57-37-36-46(41-20-5-2-6-21-41)60-59(57)54-31-14-16-33-58(54)62-60)44-23-17-22-42(38-44)43-34-35-52-50-28-10-9-26-48(50)49-27-11-12-29-51(49)55(52)39-43/h1-39H. The zero-order chi connectivity index (χ0) is 41.0.